The Hall–Kier alpha value is -2.04. The van der Waals surface area contributed by atoms with Gasteiger partial charge in [0.25, 0.3) is 0 Å². The molecule has 1 aromatic rings. The van der Waals surface area contributed by atoms with Crippen LogP contribution in [0.25, 0.3) is 0 Å². The Bertz CT molecular complexity index is 575. The van der Waals surface area contributed by atoms with Crippen LogP contribution in [0.2, 0.25) is 0 Å². The van der Waals surface area contributed by atoms with Gasteiger partial charge in [0.1, 0.15) is 0 Å². The summed E-state index contributed by atoms with van der Waals surface area (Å²) in [5.41, 5.74) is 6.73. The third kappa shape index (κ3) is 10.3. The van der Waals surface area contributed by atoms with E-state index in [0.717, 1.165) is 12.8 Å². The summed E-state index contributed by atoms with van der Waals surface area (Å²) < 4.78 is 0. The average molecular weight is 390 g/mol. The SMILES string of the molecule is CCCCCCCCCCCCCCC(C(=O)O)c1ccccc1NC(=N)N. The minimum Gasteiger partial charge on any atom is -0.481 e. The Kier molecular flexibility index (Phi) is 12.8. The zero-order valence-corrected chi connectivity index (χ0v) is 17.5. The zero-order valence-electron chi connectivity index (χ0n) is 17.5. The molecule has 1 unspecified atom stereocenters. The molecule has 1 aromatic carbocycles. The molecule has 0 aliphatic heterocycles. The van der Waals surface area contributed by atoms with E-state index < -0.39 is 11.9 Å². The third-order valence-electron chi connectivity index (χ3n) is 5.25. The van der Waals surface area contributed by atoms with Crippen molar-refractivity contribution in [2.75, 3.05) is 5.32 Å². The van der Waals surface area contributed by atoms with E-state index in [1.165, 1.54) is 64.2 Å². The molecule has 5 nitrogen and oxygen atoms in total. The van der Waals surface area contributed by atoms with E-state index in [1.54, 1.807) is 6.07 Å². The first-order valence-electron chi connectivity index (χ1n) is 11.0. The largest absolute Gasteiger partial charge is 0.481 e. The van der Waals surface area contributed by atoms with Crippen molar-refractivity contribution in [3.63, 3.8) is 0 Å². The number of unbranched alkanes of at least 4 members (excludes halogenated alkanes) is 11. The lowest BCUT2D eigenvalue weighted by molar-refractivity contribution is -0.139. The molecular weight excluding hydrogens is 350 g/mol. The average Bonchev–Trinajstić information content (AvgIpc) is 2.66. The van der Waals surface area contributed by atoms with Gasteiger partial charge in [0.2, 0.25) is 0 Å². The number of carboxylic acid groups (broad SMARTS) is 1. The molecule has 0 aromatic heterocycles. The molecule has 0 aliphatic carbocycles. The fourth-order valence-electron chi connectivity index (χ4n) is 3.66. The summed E-state index contributed by atoms with van der Waals surface area (Å²) in [6.07, 6.45) is 15.8. The minimum absolute atomic E-state index is 0.179. The lowest BCUT2D eigenvalue weighted by Gasteiger charge is -2.17. The first-order chi connectivity index (χ1) is 13.6. The number of carbonyl (C=O) groups is 1. The highest BCUT2D eigenvalue weighted by atomic mass is 16.4. The molecule has 0 aliphatic rings. The quantitative estimate of drug-likeness (QED) is 0.152. The van der Waals surface area contributed by atoms with E-state index in [4.69, 9.17) is 11.1 Å². The van der Waals surface area contributed by atoms with Crippen LogP contribution in [-0.2, 0) is 4.79 Å². The van der Waals surface area contributed by atoms with Crippen LogP contribution in [0.5, 0.6) is 0 Å². The van der Waals surface area contributed by atoms with E-state index in [-0.39, 0.29) is 5.96 Å². The molecule has 1 rings (SSSR count). The van der Waals surface area contributed by atoms with Gasteiger partial charge >= 0.3 is 5.97 Å². The van der Waals surface area contributed by atoms with Crippen molar-refractivity contribution in [3.8, 4) is 0 Å². The molecule has 0 amide bonds. The molecule has 0 radical (unpaired) electrons. The monoisotopic (exact) mass is 389 g/mol. The fourth-order valence-corrected chi connectivity index (χ4v) is 3.66. The fraction of sp³-hybridized carbons (Fsp3) is 0.652. The summed E-state index contributed by atoms with van der Waals surface area (Å²) in [6.45, 7) is 2.25. The van der Waals surface area contributed by atoms with Gasteiger partial charge in [-0.1, -0.05) is 102 Å². The van der Waals surface area contributed by atoms with E-state index in [2.05, 4.69) is 12.2 Å². The summed E-state index contributed by atoms with van der Waals surface area (Å²) in [5.74, 6) is -1.56. The van der Waals surface area contributed by atoms with Crippen molar-refractivity contribution in [2.45, 2.75) is 96.3 Å². The van der Waals surface area contributed by atoms with Crippen LogP contribution in [0.3, 0.4) is 0 Å². The predicted molar refractivity (Wildman–Crippen MR) is 118 cm³/mol. The molecule has 1 atom stereocenters. The molecule has 0 fully saturated rings. The number of aliphatic carboxylic acids is 1. The number of para-hydroxylation sites is 1. The van der Waals surface area contributed by atoms with Crippen LogP contribution in [-0.4, -0.2) is 17.0 Å². The minimum atomic E-state index is -0.819. The smallest absolute Gasteiger partial charge is 0.311 e. The van der Waals surface area contributed by atoms with Crippen molar-refractivity contribution in [1.82, 2.24) is 0 Å². The van der Waals surface area contributed by atoms with Crippen LogP contribution in [0, 0.1) is 5.41 Å². The Balaban J connectivity index is 2.25. The van der Waals surface area contributed by atoms with Crippen LogP contribution < -0.4 is 11.1 Å². The van der Waals surface area contributed by atoms with Crippen molar-refractivity contribution < 1.29 is 9.90 Å². The van der Waals surface area contributed by atoms with Gasteiger partial charge in [-0.3, -0.25) is 10.2 Å². The molecule has 0 heterocycles. The number of benzene rings is 1. The number of guanidine groups is 1. The van der Waals surface area contributed by atoms with Gasteiger partial charge in [-0.05, 0) is 18.1 Å². The second-order valence-corrected chi connectivity index (χ2v) is 7.69. The topological polar surface area (TPSA) is 99.2 Å². The number of hydrogen-bond acceptors (Lipinski definition) is 2. The Morgan fingerprint density at radius 1 is 0.964 bits per heavy atom. The summed E-state index contributed by atoms with van der Waals surface area (Å²) in [6, 6.07) is 7.23. The van der Waals surface area contributed by atoms with Gasteiger partial charge in [0.15, 0.2) is 5.96 Å². The zero-order chi connectivity index (χ0) is 20.6. The van der Waals surface area contributed by atoms with Gasteiger partial charge in [0.05, 0.1) is 5.92 Å². The Morgan fingerprint density at radius 2 is 1.46 bits per heavy atom. The summed E-state index contributed by atoms with van der Waals surface area (Å²) in [4.78, 5) is 11.8. The van der Waals surface area contributed by atoms with Gasteiger partial charge < -0.3 is 16.2 Å². The van der Waals surface area contributed by atoms with E-state index in [1.807, 2.05) is 18.2 Å². The highest BCUT2D eigenvalue weighted by Gasteiger charge is 2.22. The number of hydrogen-bond donors (Lipinski definition) is 4. The van der Waals surface area contributed by atoms with Crippen molar-refractivity contribution >= 4 is 17.6 Å². The van der Waals surface area contributed by atoms with Gasteiger partial charge in [-0.2, -0.15) is 0 Å². The van der Waals surface area contributed by atoms with Crippen LogP contribution in [0.15, 0.2) is 24.3 Å². The highest BCUT2D eigenvalue weighted by molar-refractivity contribution is 5.92. The second kappa shape index (κ2) is 14.9. The molecule has 5 N–H and O–H groups in total. The number of anilines is 1. The lowest BCUT2D eigenvalue weighted by atomic mass is 9.91. The third-order valence-corrected chi connectivity index (χ3v) is 5.25. The highest BCUT2D eigenvalue weighted by Crippen LogP contribution is 2.29. The molecule has 0 spiro atoms. The Labute approximate surface area is 170 Å². The molecule has 0 saturated carbocycles. The molecule has 5 heteroatoms. The number of carboxylic acids is 1. The van der Waals surface area contributed by atoms with Crippen molar-refractivity contribution in [3.05, 3.63) is 29.8 Å². The molecule has 158 valence electrons. The molecule has 0 saturated heterocycles. The number of rotatable bonds is 16. The summed E-state index contributed by atoms with van der Waals surface area (Å²) in [7, 11) is 0. The first-order valence-corrected chi connectivity index (χ1v) is 11.0. The van der Waals surface area contributed by atoms with E-state index in [0.29, 0.717) is 17.7 Å². The first kappa shape index (κ1) is 24.0. The van der Waals surface area contributed by atoms with Crippen molar-refractivity contribution in [1.29, 1.82) is 5.41 Å². The second-order valence-electron chi connectivity index (χ2n) is 7.69. The van der Waals surface area contributed by atoms with Gasteiger partial charge in [0, 0.05) is 5.69 Å². The van der Waals surface area contributed by atoms with Crippen LogP contribution in [0.4, 0.5) is 5.69 Å². The normalized spacial score (nSPS) is 11.9. The van der Waals surface area contributed by atoms with Crippen molar-refractivity contribution in [2.24, 2.45) is 5.73 Å². The van der Waals surface area contributed by atoms with E-state index >= 15 is 0 Å². The molecular formula is C23H39N3O2. The number of nitrogens with two attached hydrogens (primary N) is 1. The maximum absolute atomic E-state index is 11.8. The van der Waals surface area contributed by atoms with Crippen LogP contribution >= 0.6 is 0 Å². The van der Waals surface area contributed by atoms with Gasteiger partial charge in [-0.25, -0.2) is 0 Å². The summed E-state index contributed by atoms with van der Waals surface area (Å²) in [5, 5.41) is 19.8. The molecule has 28 heavy (non-hydrogen) atoms. The maximum Gasteiger partial charge on any atom is 0.311 e. The predicted octanol–water partition coefficient (Wildman–Crippen LogP) is 6.25. The summed E-state index contributed by atoms with van der Waals surface area (Å²) >= 11 is 0. The van der Waals surface area contributed by atoms with E-state index in [9.17, 15) is 9.90 Å². The Morgan fingerprint density at radius 3 is 1.96 bits per heavy atom. The van der Waals surface area contributed by atoms with Crippen LogP contribution in [0.1, 0.15) is 102 Å². The van der Waals surface area contributed by atoms with Gasteiger partial charge in [-0.15, -0.1) is 0 Å². The molecule has 0 bridgehead atoms. The standard InChI is InChI=1S/C23H39N3O2/c1-2-3-4-5-6-7-8-9-10-11-12-13-17-20(22(27)28)19-16-14-15-18-21(19)26-23(24)25/h14-16,18,20H,2-13,17H2,1H3,(H,27,28)(H4,24,25,26). The lowest BCUT2D eigenvalue weighted by Crippen LogP contribution is -2.23. The maximum atomic E-state index is 11.8. The number of nitrogens with one attached hydrogen (secondary N) is 2.